The lowest BCUT2D eigenvalue weighted by atomic mass is 10.0. The lowest BCUT2D eigenvalue weighted by Crippen LogP contribution is -2.05. The molecule has 0 fully saturated rings. The molecule has 0 bridgehead atoms. The molecule has 0 spiro atoms. The van der Waals surface area contributed by atoms with Crippen molar-refractivity contribution in [2.24, 2.45) is 7.05 Å². The molecule has 5 rings (SSSR count). The molecule has 1 aliphatic rings. The van der Waals surface area contributed by atoms with Crippen LogP contribution in [0.15, 0.2) is 35.6 Å². The Morgan fingerprint density at radius 3 is 2.45 bits per heavy atom. The van der Waals surface area contributed by atoms with E-state index in [2.05, 4.69) is 15.0 Å². The highest BCUT2D eigenvalue weighted by molar-refractivity contribution is 7.98. The van der Waals surface area contributed by atoms with Gasteiger partial charge >= 0.3 is 6.18 Å². The fourth-order valence-corrected chi connectivity index (χ4v) is 4.36. The van der Waals surface area contributed by atoms with Gasteiger partial charge in [-0.15, -0.1) is 0 Å². The number of nitrogens with zero attached hydrogens (tertiary/aromatic N) is 6. The summed E-state index contributed by atoms with van der Waals surface area (Å²) < 4.78 is 42.1. The normalized spacial score (nSPS) is 13.8. The first kappa shape index (κ1) is 20.0. The van der Waals surface area contributed by atoms with E-state index in [4.69, 9.17) is 5.10 Å². The molecule has 0 N–H and O–H groups in total. The third-order valence-electron chi connectivity index (χ3n) is 5.44. The summed E-state index contributed by atoms with van der Waals surface area (Å²) in [4.78, 5) is 13.1. The molecule has 1 aliphatic carbocycles. The van der Waals surface area contributed by atoms with Gasteiger partial charge in [0.05, 0.1) is 23.3 Å². The molecule has 4 aromatic rings. The number of thioether (sulfide) groups is 1. The van der Waals surface area contributed by atoms with E-state index in [1.807, 2.05) is 23.1 Å². The molecular formula is C21H19F3N6S. The molecule has 31 heavy (non-hydrogen) atoms. The number of hydrogen-bond donors (Lipinski definition) is 0. The fraction of sp³-hybridized carbons (Fsp3) is 0.333. The second kappa shape index (κ2) is 7.37. The molecule has 3 aromatic heterocycles. The molecule has 0 unspecified atom stereocenters. The van der Waals surface area contributed by atoms with Crippen molar-refractivity contribution in [2.75, 3.05) is 6.26 Å². The summed E-state index contributed by atoms with van der Waals surface area (Å²) >= 11 is 1.51. The van der Waals surface area contributed by atoms with E-state index in [1.54, 1.807) is 19.2 Å². The monoisotopic (exact) mass is 444 g/mol. The summed E-state index contributed by atoms with van der Waals surface area (Å²) in [6.07, 6.45) is 1.38. The van der Waals surface area contributed by atoms with Gasteiger partial charge in [0, 0.05) is 18.8 Å². The Morgan fingerprint density at radius 1 is 1.03 bits per heavy atom. The van der Waals surface area contributed by atoms with Gasteiger partial charge in [-0.05, 0) is 31.1 Å². The van der Waals surface area contributed by atoms with E-state index < -0.39 is 11.9 Å². The second-order valence-electron chi connectivity index (χ2n) is 7.57. The van der Waals surface area contributed by atoms with Crippen LogP contribution in [0.2, 0.25) is 0 Å². The smallest absolute Gasteiger partial charge is 0.333 e. The van der Waals surface area contributed by atoms with E-state index in [1.165, 1.54) is 16.3 Å². The lowest BCUT2D eigenvalue weighted by Gasteiger charge is -2.10. The van der Waals surface area contributed by atoms with Gasteiger partial charge in [-0.2, -0.15) is 18.3 Å². The van der Waals surface area contributed by atoms with Crippen LogP contribution in [0.5, 0.6) is 0 Å². The Morgan fingerprint density at radius 2 is 1.77 bits per heavy atom. The average molecular weight is 444 g/mol. The number of halogens is 3. The van der Waals surface area contributed by atoms with Crippen LogP contribution in [0.3, 0.4) is 0 Å². The summed E-state index contributed by atoms with van der Waals surface area (Å²) in [7, 11) is 1.56. The molecule has 10 heteroatoms. The highest BCUT2D eigenvalue weighted by Crippen LogP contribution is 2.31. The van der Waals surface area contributed by atoms with Crippen molar-refractivity contribution >= 4 is 22.8 Å². The Bertz CT molecular complexity index is 1270. The SMILES string of the molecule is CSc1nc2c3c(nn(Cc4ccc(-c5nc(C(F)(F)F)cn5C)cc4)c3n1)CCC2. The van der Waals surface area contributed by atoms with Crippen LogP contribution >= 0.6 is 11.8 Å². The van der Waals surface area contributed by atoms with Crippen molar-refractivity contribution in [2.45, 2.75) is 37.1 Å². The van der Waals surface area contributed by atoms with E-state index in [9.17, 15) is 13.2 Å². The summed E-state index contributed by atoms with van der Waals surface area (Å²) in [6, 6.07) is 7.36. The maximum atomic E-state index is 13.0. The molecule has 0 saturated heterocycles. The van der Waals surface area contributed by atoms with Crippen molar-refractivity contribution in [3.63, 3.8) is 0 Å². The van der Waals surface area contributed by atoms with Crippen molar-refractivity contribution < 1.29 is 13.2 Å². The summed E-state index contributed by atoms with van der Waals surface area (Å²) in [5.74, 6) is 0.276. The van der Waals surface area contributed by atoms with Gasteiger partial charge in [0.2, 0.25) is 0 Å². The van der Waals surface area contributed by atoms with Gasteiger partial charge in [-0.3, -0.25) is 0 Å². The van der Waals surface area contributed by atoms with Crippen LogP contribution in [-0.2, 0) is 32.6 Å². The van der Waals surface area contributed by atoms with Crippen molar-refractivity contribution in [1.29, 1.82) is 0 Å². The third-order valence-corrected chi connectivity index (χ3v) is 5.99. The molecule has 0 aliphatic heterocycles. The van der Waals surface area contributed by atoms with Gasteiger partial charge in [0.15, 0.2) is 16.5 Å². The number of aryl methyl sites for hydroxylation is 3. The topological polar surface area (TPSA) is 61.4 Å². The highest BCUT2D eigenvalue weighted by Gasteiger charge is 2.34. The molecule has 160 valence electrons. The first-order chi connectivity index (χ1) is 14.8. The van der Waals surface area contributed by atoms with Crippen LogP contribution in [0, 0.1) is 0 Å². The lowest BCUT2D eigenvalue weighted by molar-refractivity contribution is -0.140. The zero-order valence-electron chi connectivity index (χ0n) is 16.9. The van der Waals surface area contributed by atoms with Crippen LogP contribution in [-0.4, -0.2) is 35.6 Å². The molecule has 3 heterocycles. The number of aromatic nitrogens is 6. The molecule has 0 amide bonds. The molecule has 0 atom stereocenters. The number of rotatable bonds is 4. The Kier molecular flexibility index (Phi) is 4.76. The minimum atomic E-state index is -4.46. The van der Waals surface area contributed by atoms with Gasteiger partial charge in [-0.25, -0.2) is 19.6 Å². The average Bonchev–Trinajstić information content (AvgIpc) is 3.30. The maximum Gasteiger partial charge on any atom is 0.434 e. The Labute approximate surface area is 180 Å². The van der Waals surface area contributed by atoms with E-state index in [0.29, 0.717) is 12.1 Å². The quantitative estimate of drug-likeness (QED) is 0.343. The molecular weight excluding hydrogens is 425 g/mol. The second-order valence-corrected chi connectivity index (χ2v) is 8.34. The van der Waals surface area contributed by atoms with E-state index >= 15 is 0 Å². The standard InChI is InChI=1S/C21H19F3N6S/c1-29-11-16(21(22,23)24)26-18(29)13-8-6-12(7-9-13)10-30-19-17-14(25-20(27-19)31-2)4-3-5-15(17)28-30/h6-9,11H,3-5,10H2,1-2H3. The van der Waals surface area contributed by atoms with Crippen molar-refractivity contribution in [3.05, 3.63) is 53.1 Å². The Hall–Kier alpha value is -2.88. The first-order valence-electron chi connectivity index (χ1n) is 9.83. The predicted molar refractivity (Wildman–Crippen MR) is 112 cm³/mol. The zero-order valence-corrected chi connectivity index (χ0v) is 17.8. The van der Waals surface area contributed by atoms with Crippen molar-refractivity contribution in [1.82, 2.24) is 29.3 Å². The van der Waals surface area contributed by atoms with Crippen molar-refractivity contribution in [3.8, 4) is 11.4 Å². The number of imidazole rings is 1. The third kappa shape index (κ3) is 3.58. The van der Waals surface area contributed by atoms with Gasteiger partial charge < -0.3 is 4.57 Å². The number of alkyl halides is 3. The Balaban J connectivity index is 1.47. The summed E-state index contributed by atoms with van der Waals surface area (Å²) in [6.45, 7) is 0.523. The van der Waals surface area contributed by atoms with Crippen LogP contribution in [0.25, 0.3) is 22.4 Å². The molecule has 6 nitrogen and oxygen atoms in total. The first-order valence-corrected chi connectivity index (χ1v) is 11.1. The van der Waals surface area contributed by atoms with Gasteiger partial charge in [-0.1, -0.05) is 36.0 Å². The van der Waals surface area contributed by atoms with E-state index in [-0.39, 0.29) is 5.82 Å². The summed E-state index contributed by atoms with van der Waals surface area (Å²) in [5, 5.41) is 6.58. The van der Waals surface area contributed by atoms with Crippen LogP contribution in [0.1, 0.15) is 29.1 Å². The minimum absolute atomic E-state index is 0.276. The molecule has 0 radical (unpaired) electrons. The molecule has 0 saturated carbocycles. The van der Waals surface area contributed by atoms with Crippen LogP contribution < -0.4 is 0 Å². The van der Waals surface area contributed by atoms with Crippen LogP contribution in [0.4, 0.5) is 13.2 Å². The van der Waals surface area contributed by atoms with Gasteiger partial charge in [0.1, 0.15) is 5.82 Å². The fourth-order valence-electron chi connectivity index (χ4n) is 3.98. The van der Waals surface area contributed by atoms with Gasteiger partial charge in [0.25, 0.3) is 0 Å². The maximum absolute atomic E-state index is 13.0. The highest BCUT2D eigenvalue weighted by atomic mass is 32.2. The minimum Gasteiger partial charge on any atom is -0.333 e. The number of hydrogen-bond acceptors (Lipinski definition) is 5. The predicted octanol–water partition coefficient (Wildman–Crippen LogP) is 4.50. The zero-order chi connectivity index (χ0) is 21.8. The largest absolute Gasteiger partial charge is 0.434 e. The summed E-state index contributed by atoms with van der Waals surface area (Å²) in [5.41, 5.74) is 3.65. The number of benzene rings is 1. The molecule has 1 aromatic carbocycles. The van der Waals surface area contributed by atoms with E-state index in [0.717, 1.165) is 58.6 Å².